The highest BCUT2D eigenvalue weighted by molar-refractivity contribution is 5.84. The highest BCUT2D eigenvalue weighted by Crippen LogP contribution is 2.24. The molecular formula is C15H21NO3. The normalized spacial score (nSPS) is 13.9. The maximum absolute atomic E-state index is 12.3. The van der Waals surface area contributed by atoms with Crippen LogP contribution in [0.1, 0.15) is 38.7 Å². The Morgan fingerprint density at radius 1 is 1.16 bits per heavy atom. The van der Waals surface area contributed by atoms with Crippen molar-refractivity contribution in [3.63, 3.8) is 0 Å². The molecule has 0 aliphatic carbocycles. The van der Waals surface area contributed by atoms with E-state index in [1.54, 1.807) is 6.92 Å². The van der Waals surface area contributed by atoms with Gasteiger partial charge in [0.05, 0.1) is 12.3 Å². The molecule has 0 saturated carbocycles. The molecule has 2 N–H and O–H groups in total. The quantitative estimate of drug-likeness (QED) is 0.828. The van der Waals surface area contributed by atoms with Crippen LogP contribution >= 0.6 is 0 Å². The first-order valence-corrected chi connectivity index (χ1v) is 6.49. The first-order valence-electron chi connectivity index (χ1n) is 6.49. The lowest BCUT2D eigenvalue weighted by molar-refractivity contribution is -0.137. The molecule has 4 nitrogen and oxygen atoms in total. The molecule has 0 aliphatic rings. The molecule has 1 aromatic carbocycles. The van der Waals surface area contributed by atoms with Crippen LogP contribution in [0.2, 0.25) is 0 Å². The van der Waals surface area contributed by atoms with E-state index in [4.69, 9.17) is 5.11 Å². The van der Waals surface area contributed by atoms with Gasteiger partial charge in [-0.15, -0.1) is 0 Å². The van der Waals surface area contributed by atoms with Crippen LogP contribution < -0.4 is 5.32 Å². The van der Waals surface area contributed by atoms with Crippen LogP contribution in [-0.4, -0.2) is 23.0 Å². The summed E-state index contributed by atoms with van der Waals surface area (Å²) in [6.07, 6.45) is -0.0641. The number of benzene rings is 1. The predicted octanol–water partition coefficient (Wildman–Crippen LogP) is 2.41. The first-order chi connectivity index (χ1) is 8.91. The van der Waals surface area contributed by atoms with Gasteiger partial charge in [0, 0.05) is 6.04 Å². The van der Waals surface area contributed by atoms with Crippen molar-refractivity contribution in [2.75, 3.05) is 0 Å². The largest absolute Gasteiger partial charge is 0.481 e. The fourth-order valence-electron chi connectivity index (χ4n) is 2.14. The molecule has 0 aliphatic heterocycles. The highest BCUT2D eigenvalue weighted by atomic mass is 16.4. The Labute approximate surface area is 113 Å². The van der Waals surface area contributed by atoms with Crippen molar-refractivity contribution in [2.24, 2.45) is 5.92 Å². The molecule has 0 saturated heterocycles. The highest BCUT2D eigenvalue weighted by Gasteiger charge is 2.25. The van der Waals surface area contributed by atoms with Gasteiger partial charge in [-0.25, -0.2) is 0 Å². The van der Waals surface area contributed by atoms with Crippen molar-refractivity contribution in [3.8, 4) is 0 Å². The number of nitrogens with one attached hydrogen (secondary N) is 1. The predicted molar refractivity (Wildman–Crippen MR) is 73.9 cm³/mol. The summed E-state index contributed by atoms with van der Waals surface area (Å²) in [5.74, 6) is -1.12. The van der Waals surface area contributed by atoms with Crippen LogP contribution in [-0.2, 0) is 9.59 Å². The lowest BCUT2D eigenvalue weighted by Gasteiger charge is -2.22. The van der Waals surface area contributed by atoms with Gasteiger partial charge in [0.1, 0.15) is 0 Å². The van der Waals surface area contributed by atoms with E-state index in [0.29, 0.717) is 0 Å². The fraction of sp³-hybridized carbons (Fsp3) is 0.467. The molecule has 0 aromatic heterocycles. The number of carboxylic acids is 1. The summed E-state index contributed by atoms with van der Waals surface area (Å²) in [6, 6.07) is 9.19. The number of aliphatic carboxylic acids is 1. The third kappa shape index (κ3) is 4.73. The maximum Gasteiger partial charge on any atom is 0.305 e. The maximum atomic E-state index is 12.3. The number of carbonyl (C=O) groups excluding carboxylic acids is 1. The third-order valence-electron chi connectivity index (χ3n) is 2.98. The molecule has 0 fully saturated rings. The molecule has 2 unspecified atom stereocenters. The van der Waals surface area contributed by atoms with Gasteiger partial charge in [-0.2, -0.15) is 0 Å². The summed E-state index contributed by atoms with van der Waals surface area (Å²) >= 11 is 0. The smallest absolute Gasteiger partial charge is 0.305 e. The third-order valence-corrected chi connectivity index (χ3v) is 2.98. The zero-order chi connectivity index (χ0) is 14.4. The van der Waals surface area contributed by atoms with E-state index in [-0.39, 0.29) is 30.2 Å². The molecule has 2 atom stereocenters. The topological polar surface area (TPSA) is 66.4 Å². The van der Waals surface area contributed by atoms with E-state index < -0.39 is 5.97 Å². The van der Waals surface area contributed by atoms with E-state index in [1.165, 1.54) is 0 Å². The lowest BCUT2D eigenvalue weighted by Crippen LogP contribution is -2.39. The number of hydrogen-bond donors (Lipinski definition) is 2. The molecule has 1 amide bonds. The first kappa shape index (κ1) is 15.2. The molecule has 0 bridgehead atoms. The van der Waals surface area contributed by atoms with E-state index in [1.807, 2.05) is 44.2 Å². The Kier molecular flexibility index (Phi) is 5.55. The summed E-state index contributed by atoms with van der Waals surface area (Å²) in [7, 11) is 0. The van der Waals surface area contributed by atoms with Gasteiger partial charge in [-0.1, -0.05) is 44.2 Å². The number of hydrogen-bond acceptors (Lipinski definition) is 2. The average molecular weight is 263 g/mol. The molecule has 4 heteroatoms. The van der Waals surface area contributed by atoms with E-state index >= 15 is 0 Å². The van der Waals surface area contributed by atoms with Gasteiger partial charge in [-0.05, 0) is 18.4 Å². The Morgan fingerprint density at radius 2 is 1.74 bits per heavy atom. The molecule has 104 valence electrons. The second-order valence-corrected chi connectivity index (χ2v) is 5.14. The van der Waals surface area contributed by atoms with Crippen molar-refractivity contribution in [1.82, 2.24) is 5.32 Å². The van der Waals surface area contributed by atoms with Crippen molar-refractivity contribution < 1.29 is 14.7 Å². The fourth-order valence-corrected chi connectivity index (χ4v) is 2.14. The summed E-state index contributed by atoms with van der Waals surface area (Å²) in [4.78, 5) is 22.9. The van der Waals surface area contributed by atoms with E-state index in [2.05, 4.69) is 5.32 Å². The van der Waals surface area contributed by atoms with Crippen LogP contribution in [0.25, 0.3) is 0 Å². The number of amides is 1. The Balaban J connectivity index is 2.78. The van der Waals surface area contributed by atoms with Crippen LogP contribution in [0.3, 0.4) is 0 Å². The molecule has 1 aromatic rings. The molecule has 19 heavy (non-hydrogen) atoms. The van der Waals surface area contributed by atoms with Gasteiger partial charge >= 0.3 is 5.97 Å². The minimum atomic E-state index is -0.909. The zero-order valence-corrected chi connectivity index (χ0v) is 11.6. The van der Waals surface area contributed by atoms with E-state index in [9.17, 15) is 9.59 Å². The van der Waals surface area contributed by atoms with Crippen LogP contribution in [0.5, 0.6) is 0 Å². The van der Waals surface area contributed by atoms with Crippen molar-refractivity contribution in [1.29, 1.82) is 0 Å². The monoisotopic (exact) mass is 263 g/mol. The molecule has 0 heterocycles. The van der Waals surface area contributed by atoms with Crippen LogP contribution in [0, 0.1) is 5.92 Å². The minimum absolute atomic E-state index is 0.0641. The van der Waals surface area contributed by atoms with Gasteiger partial charge in [0.25, 0.3) is 0 Å². The summed E-state index contributed by atoms with van der Waals surface area (Å²) < 4.78 is 0. The Hall–Kier alpha value is -1.84. The van der Waals surface area contributed by atoms with Crippen molar-refractivity contribution in [2.45, 2.75) is 39.2 Å². The average Bonchev–Trinajstić information content (AvgIpc) is 2.28. The van der Waals surface area contributed by atoms with Crippen LogP contribution in [0.4, 0.5) is 0 Å². The minimum Gasteiger partial charge on any atom is -0.481 e. The molecule has 0 radical (unpaired) electrons. The van der Waals surface area contributed by atoms with Gasteiger partial charge in [0.2, 0.25) is 5.91 Å². The lowest BCUT2D eigenvalue weighted by atomic mass is 9.87. The number of rotatable bonds is 6. The second-order valence-electron chi connectivity index (χ2n) is 5.14. The van der Waals surface area contributed by atoms with Gasteiger partial charge in [0.15, 0.2) is 0 Å². The van der Waals surface area contributed by atoms with Gasteiger partial charge in [-0.3, -0.25) is 9.59 Å². The second kappa shape index (κ2) is 6.92. The standard InChI is InChI=1S/C15H21NO3/c1-10(2)14(12-7-5-4-6-8-12)15(19)16-11(3)9-13(17)18/h4-8,10-11,14H,9H2,1-3H3,(H,16,19)(H,17,18). The van der Waals surface area contributed by atoms with E-state index in [0.717, 1.165) is 5.56 Å². The van der Waals surface area contributed by atoms with Crippen LogP contribution in [0.15, 0.2) is 30.3 Å². The Bertz CT molecular complexity index is 428. The summed E-state index contributed by atoms with van der Waals surface area (Å²) in [5, 5.41) is 11.5. The van der Waals surface area contributed by atoms with Crippen molar-refractivity contribution >= 4 is 11.9 Å². The zero-order valence-electron chi connectivity index (χ0n) is 11.6. The molecule has 0 spiro atoms. The SMILES string of the molecule is CC(CC(=O)O)NC(=O)C(c1ccccc1)C(C)C. The molecular weight excluding hydrogens is 242 g/mol. The number of carboxylic acid groups (broad SMARTS) is 1. The summed E-state index contributed by atoms with van der Waals surface area (Å²) in [5.41, 5.74) is 0.956. The Morgan fingerprint density at radius 3 is 2.21 bits per heavy atom. The van der Waals surface area contributed by atoms with Gasteiger partial charge < -0.3 is 10.4 Å². The van der Waals surface area contributed by atoms with Crippen molar-refractivity contribution in [3.05, 3.63) is 35.9 Å². The molecule has 1 rings (SSSR count). The number of carbonyl (C=O) groups is 2. The summed E-state index contributed by atoms with van der Waals surface area (Å²) in [6.45, 7) is 5.67.